The SMILES string of the molecule is C/C1=C/C=C/C(C)[C@H](O)[C@@H](C)C(O)C[C@H](OC(=O)CC(=O)N2CCCN(c3nccc(C(F)(F)F)n3)CC2)CC/C=C/O[C@@]2(C)Oc3c(C)c(O)c4c(O)c(c5c(c4c3C2=O)=NC2(CCN(CC(C)C)CC2)N=5)NC1=O. The Bertz CT molecular complexity index is 2990. The van der Waals surface area contributed by atoms with Gasteiger partial charge in [-0.15, -0.1) is 0 Å². The number of fused-ring (bicyclic) bond motifs is 13. The molecule has 76 heavy (non-hydrogen) atoms. The standard InChI is InChI=1S/C54H67F3N8O11/c1-29(2)28-63-21-16-53(17-22-63)61-42-39-40-46(70)33(6)48-41(39)49(72)52(7,76-48)74-25-9-8-14-34(26-35(66)32(5)45(69)30(3)12-10-13-31(4)50(73)60-44(47(40)71)43(42)62-53)75-38(68)27-37(67)64-19-11-20-65(24-23-64)51-58-18-15-36(59-51)54(55,56)57/h9-10,12-13,15,18,25,29-30,32,34-35,45,66,69-71H,8,11,14,16-17,19-24,26-28H2,1-7H3,(H,60,73)/b12-10+,25-9+,31-13-/t30?,32-,34+,35?,45-,52-/m0/s1. The fourth-order valence-corrected chi connectivity index (χ4v) is 10.5. The molecule has 5 N–H and O–H groups in total. The molecule has 6 aliphatic rings. The average Bonchev–Trinajstić information content (AvgIpc) is 3.78. The fraction of sp³-hybridized carbons (Fsp3) is 0.556. The van der Waals surface area contributed by atoms with Gasteiger partial charge >= 0.3 is 17.9 Å². The minimum Gasteiger partial charge on any atom is -0.507 e. The van der Waals surface area contributed by atoms with Gasteiger partial charge in [0.2, 0.25) is 11.9 Å². The van der Waals surface area contributed by atoms with Gasteiger partial charge in [-0.1, -0.05) is 45.9 Å². The van der Waals surface area contributed by atoms with E-state index in [9.17, 15) is 52.8 Å². The van der Waals surface area contributed by atoms with Gasteiger partial charge in [0.1, 0.15) is 40.8 Å². The maximum atomic E-state index is 14.8. The Morgan fingerprint density at radius 1 is 0.987 bits per heavy atom. The first-order valence-corrected chi connectivity index (χ1v) is 25.9. The van der Waals surface area contributed by atoms with Crippen molar-refractivity contribution in [1.82, 2.24) is 19.8 Å². The number of hydrogen-bond acceptors (Lipinski definition) is 17. The maximum Gasteiger partial charge on any atom is 0.433 e. The van der Waals surface area contributed by atoms with E-state index in [1.54, 1.807) is 43.9 Å². The number of rotatable bonds is 6. The lowest BCUT2D eigenvalue weighted by atomic mass is 9.86. The number of likely N-dealkylation sites (tertiary alicyclic amines) is 1. The second-order valence-corrected chi connectivity index (χ2v) is 21.1. The van der Waals surface area contributed by atoms with E-state index in [4.69, 9.17) is 24.2 Å². The first-order chi connectivity index (χ1) is 35.9. The van der Waals surface area contributed by atoms with Gasteiger partial charge in [-0.05, 0) is 51.2 Å². The minimum absolute atomic E-state index is 0.00211. The topological polar surface area (TPSA) is 249 Å². The van der Waals surface area contributed by atoms with Gasteiger partial charge in [-0.25, -0.2) is 9.97 Å². The number of ether oxygens (including phenoxy) is 3. The molecule has 0 aliphatic carbocycles. The van der Waals surface area contributed by atoms with E-state index < -0.39 is 95.0 Å². The molecular formula is C54H67F3N8O11. The number of allylic oxidation sites excluding steroid dienone is 3. The molecule has 9 rings (SSSR count). The number of piperidine rings is 1. The molecule has 7 heterocycles. The molecule has 2 fully saturated rings. The number of nitrogens with zero attached hydrogens (tertiary/aromatic N) is 7. The molecule has 2 amide bonds. The Morgan fingerprint density at radius 3 is 2.42 bits per heavy atom. The number of phenolic OH excluding ortho intramolecular Hbond substituents is 2. The third-order valence-corrected chi connectivity index (χ3v) is 14.9. The van der Waals surface area contributed by atoms with Gasteiger partial charge in [0.05, 0.1) is 34.8 Å². The van der Waals surface area contributed by atoms with E-state index in [0.717, 1.165) is 18.8 Å². The smallest absolute Gasteiger partial charge is 0.433 e. The summed E-state index contributed by atoms with van der Waals surface area (Å²) in [6, 6.07) is 0.776. The average molecular weight is 1060 g/mol. The van der Waals surface area contributed by atoms with Crippen LogP contribution in [0.1, 0.15) is 108 Å². The molecule has 2 saturated heterocycles. The molecule has 5 bridgehead atoms. The lowest BCUT2D eigenvalue weighted by Crippen LogP contribution is -2.43. The van der Waals surface area contributed by atoms with Gasteiger partial charge in [0, 0.05) is 107 Å². The summed E-state index contributed by atoms with van der Waals surface area (Å²) in [4.78, 5) is 79.0. The zero-order valence-electron chi connectivity index (χ0n) is 43.8. The van der Waals surface area contributed by atoms with Gasteiger partial charge in [0.25, 0.3) is 11.7 Å². The van der Waals surface area contributed by atoms with E-state index in [0.29, 0.717) is 38.3 Å². The third-order valence-electron chi connectivity index (χ3n) is 14.9. The van der Waals surface area contributed by atoms with Crippen molar-refractivity contribution in [2.24, 2.45) is 27.7 Å². The molecule has 6 aliphatic heterocycles. The Morgan fingerprint density at radius 2 is 1.71 bits per heavy atom. The number of hydrogen-bond donors (Lipinski definition) is 5. The number of aromatic hydroxyl groups is 2. The highest BCUT2D eigenvalue weighted by Crippen LogP contribution is 2.50. The lowest BCUT2D eigenvalue weighted by Gasteiger charge is -2.36. The van der Waals surface area contributed by atoms with E-state index >= 15 is 0 Å². The highest BCUT2D eigenvalue weighted by Gasteiger charge is 2.50. The summed E-state index contributed by atoms with van der Waals surface area (Å²) < 4.78 is 58.3. The number of Topliss-reactive ketones (excluding diaryl/α,β-unsaturated/α-hetero) is 1. The lowest BCUT2D eigenvalue weighted by molar-refractivity contribution is -0.155. The first-order valence-electron chi connectivity index (χ1n) is 25.9. The number of phenols is 2. The highest BCUT2D eigenvalue weighted by atomic mass is 19.4. The molecule has 410 valence electrons. The van der Waals surface area contributed by atoms with Crippen LogP contribution in [0.2, 0.25) is 0 Å². The van der Waals surface area contributed by atoms with Crippen molar-refractivity contribution in [2.75, 3.05) is 56.0 Å². The summed E-state index contributed by atoms with van der Waals surface area (Å²) in [5, 5.41) is 50.1. The summed E-state index contributed by atoms with van der Waals surface area (Å²) in [7, 11) is 0. The summed E-state index contributed by atoms with van der Waals surface area (Å²) in [6.07, 6.45) is 1.43. The molecule has 22 heteroatoms. The monoisotopic (exact) mass is 1060 g/mol. The summed E-state index contributed by atoms with van der Waals surface area (Å²) in [5.41, 5.74) is -1.86. The maximum absolute atomic E-state index is 14.8. The van der Waals surface area contributed by atoms with Crippen LogP contribution in [-0.2, 0) is 30.0 Å². The molecule has 1 spiro atoms. The Labute approximate surface area is 437 Å². The summed E-state index contributed by atoms with van der Waals surface area (Å²) in [6.45, 7) is 15.0. The van der Waals surface area contributed by atoms with Crippen LogP contribution in [0.25, 0.3) is 10.8 Å². The number of aliphatic hydroxyl groups excluding tert-OH is 2. The van der Waals surface area contributed by atoms with Crippen molar-refractivity contribution in [3.8, 4) is 17.2 Å². The predicted octanol–water partition coefficient (Wildman–Crippen LogP) is 5.55. The second kappa shape index (κ2) is 22.1. The zero-order valence-corrected chi connectivity index (χ0v) is 43.8. The highest BCUT2D eigenvalue weighted by molar-refractivity contribution is 6.19. The van der Waals surface area contributed by atoms with Gasteiger partial charge in [0.15, 0.2) is 11.4 Å². The van der Waals surface area contributed by atoms with E-state index in [1.165, 1.54) is 31.1 Å². The van der Waals surface area contributed by atoms with Crippen LogP contribution in [0.3, 0.4) is 0 Å². The molecular weight excluding hydrogens is 994 g/mol. The van der Waals surface area contributed by atoms with Gasteiger partial charge in [-0.2, -0.15) is 13.2 Å². The quantitative estimate of drug-likeness (QED) is 0.115. The van der Waals surface area contributed by atoms with Crippen LogP contribution in [-0.4, -0.2) is 139 Å². The summed E-state index contributed by atoms with van der Waals surface area (Å²) in [5.74, 6) is -6.67. The molecule has 0 radical (unpaired) electrons. The number of amides is 2. The van der Waals surface area contributed by atoms with Crippen LogP contribution in [0.4, 0.5) is 24.8 Å². The van der Waals surface area contributed by atoms with Crippen LogP contribution in [0.5, 0.6) is 17.2 Å². The minimum atomic E-state index is -4.66. The number of halogens is 3. The van der Waals surface area contributed by atoms with Crippen LogP contribution in [0.15, 0.2) is 58.4 Å². The number of anilines is 2. The van der Waals surface area contributed by atoms with Crippen molar-refractivity contribution in [3.05, 3.63) is 75.9 Å². The van der Waals surface area contributed by atoms with Crippen molar-refractivity contribution >= 4 is 46.0 Å². The second-order valence-electron chi connectivity index (χ2n) is 21.1. The van der Waals surface area contributed by atoms with Crippen LogP contribution >= 0.6 is 0 Å². The molecule has 3 aromatic rings. The predicted molar refractivity (Wildman–Crippen MR) is 272 cm³/mol. The van der Waals surface area contributed by atoms with Crippen molar-refractivity contribution in [2.45, 2.75) is 129 Å². The number of aromatic nitrogens is 2. The van der Waals surface area contributed by atoms with Crippen LogP contribution in [0, 0.1) is 24.7 Å². The molecule has 19 nitrogen and oxygen atoms in total. The Balaban J connectivity index is 1.07. The number of ketones is 1. The van der Waals surface area contributed by atoms with Crippen molar-refractivity contribution in [1.29, 1.82) is 0 Å². The van der Waals surface area contributed by atoms with E-state index in [-0.39, 0.29) is 101 Å². The molecule has 2 unspecified atom stereocenters. The first kappa shape index (κ1) is 55.6. The Hall–Kier alpha value is -6.65. The van der Waals surface area contributed by atoms with E-state index in [2.05, 4.69) is 34.0 Å². The normalized spacial score (nSPS) is 27.2. The number of esters is 1. The largest absolute Gasteiger partial charge is 0.507 e. The summed E-state index contributed by atoms with van der Waals surface area (Å²) >= 11 is 0. The third kappa shape index (κ3) is 11.5. The van der Waals surface area contributed by atoms with E-state index in [1.807, 2.05) is 0 Å². The molecule has 0 saturated carbocycles. The molecule has 1 aromatic heterocycles. The number of carbonyl (C=O) groups excluding carboxylic acids is 4. The number of carbonyl (C=O) groups is 4. The van der Waals surface area contributed by atoms with Crippen molar-refractivity contribution < 1.29 is 67.0 Å². The number of benzene rings is 2. The fourth-order valence-electron chi connectivity index (χ4n) is 10.5. The van der Waals surface area contributed by atoms with Gasteiger partial charge in [-0.3, -0.25) is 29.2 Å². The molecule has 6 atom stereocenters. The Kier molecular flexibility index (Phi) is 16.2. The zero-order chi connectivity index (χ0) is 55.0. The molecule has 2 aromatic carbocycles. The number of aliphatic hydroxyl groups is 2. The van der Waals surface area contributed by atoms with Gasteiger partial charge < -0.3 is 54.7 Å². The van der Waals surface area contributed by atoms with Crippen LogP contribution < -0.4 is 25.7 Å². The van der Waals surface area contributed by atoms with Crippen molar-refractivity contribution in [3.63, 3.8) is 0 Å². The number of nitrogens with one attached hydrogen (secondary N) is 1. The number of alkyl halides is 3.